The van der Waals surface area contributed by atoms with E-state index in [1.807, 2.05) is 65.3 Å². The van der Waals surface area contributed by atoms with E-state index in [1.54, 1.807) is 29.2 Å². The van der Waals surface area contributed by atoms with Gasteiger partial charge in [0.1, 0.15) is 35.2 Å². The minimum Gasteiger partial charge on any atom is -0.490 e. The summed E-state index contributed by atoms with van der Waals surface area (Å²) in [5.74, 6) is -0.280. The molecule has 2 fully saturated rings. The van der Waals surface area contributed by atoms with E-state index in [2.05, 4.69) is 15.5 Å². The number of hydrogen-bond acceptors (Lipinski definition) is 10. The fourth-order valence-corrected chi connectivity index (χ4v) is 7.05. The minimum atomic E-state index is -0.835. The van der Waals surface area contributed by atoms with Gasteiger partial charge in [-0.15, -0.1) is 11.3 Å². The molecule has 0 spiro atoms. The number of hydrogen-bond donors (Lipinski definition) is 2. The molecule has 12 nitrogen and oxygen atoms in total. The molecule has 260 valence electrons. The zero-order valence-corrected chi connectivity index (χ0v) is 29.6. The van der Waals surface area contributed by atoms with Crippen LogP contribution in [0.15, 0.2) is 34.3 Å². The van der Waals surface area contributed by atoms with Crippen LogP contribution < -0.4 is 10.1 Å². The molecule has 0 radical (unpaired) electrons. The van der Waals surface area contributed by atoms with Crippen LogP contribution in [0.2, 0.25) is 0 Å². The lowest BCUT2D eigenvalue weighted by Crippen LogP contribution is -2.48. The number of β-amino-alcohol motifs (C(OH)–C–C–N with tert-alkyl or cyclic N) is 1. The van der Waals surface area contributed by atoms with Crippen LogP contribution in [-0.4, -0.2) is 86.4 Å². The van der Waals surface area contributed by atoms with Gasteiger partial charge in [0.2, 0.25) is 11.8 Å². The molecule has 0 aliphatic carbocycles. The molecule has 2 aliphatic rings. The molecule has 5 rings (SSSR count). The Morgan fingerprint density at radius 3 is 2.48 bits per heavy atom. The van der Waals surface area contributed by atoms with E-state index in [4.69, 9.17) is 14.0 Å². The standard InChI is InChI=1S/C35H47N5O7S/c1-20(2)30(29-14-21(3)38-47-29)33(43)40-18-25(41)16-27(40)32(42)36-17-24-9-8-23(31-22(4)37-19-48-31)15-28(24)45-26-10-12-39(13-11-26)34(44)46-35(5,6)7/h8-9,14-15,19-20,25-27,30,41H,10-13,16-18H2,1-7H3,(H,36,42)/t25-,27+,30?/m1/s1. The lowest BCUT2D eigenvalue weighted by molar-refractivity contribution is -0.141. The zero-order chi connectivity index (χ0) is 34.7. The fraction of sp³-hybridized carbons (Fsp3) is 0.571. The zero-order valence-electron chi connectivity index (χ0n) is 28.8. The third-order valence-electron chi connectivity index (χ3n) is 8.67. The second-order valence-corrected chi connectivity index (χ2v) is 14.9. The molecular formula is C35H47N5O7S. The van der Waals surface area contributed by atoms with Crippen LogP contribution in [0.1, 0.15) is 82.5 Å². The van der Waals surface area contributed by atoms with Crippen LogP contribution >= 0.6 is 11.3 Å². The Morgan fingerprint density at radius 2 is 1.88 bits per heavy atom. The molecule has 2 N–H and O–H groups in total. The van der Waals surface area contributed by atoms with Gasteiger partial charge in [0.25, 0.3) is 0 Å². The molecule has 2 aliphatic heterocycles. The molecule has 4 heterocycles. The first-order chi connectivity index (χ1) is 22.7. The van der Waals surface area contributed by atoms with E-state index in [0.29, 0.717) is 43.1 Å². The van der Waals surface area contributed by atoms with Gasteiger partial charge in [0.05, 0.1) is 27.9 Å². The van der Waals surface area contributed by atoms with Crippen molar-refractivity contribution in [1.29, 1.82) is 0 Å². The maximum absolute atomic E-state index is 13.8. The van der Waals surface area contributed by atoms with Gasteiger partial charge < -0.3 is 34.2 Å². The number of aliphatic hydroxyl groups is 1. The van der Waals surface area contributed by atoms with Crippen molar-refractivity contribution in [1.82, 2.24) is 25.3 Å². The number of carbonyl (C=O) groups excluding carboxylic acids is 3. The molecule has 2 saturated heterocycles. The van der Waals surface area contributed by atoms with Gasteiger partial charge >= 0.3 is 6.09 Å². The fourth-order valence-electron chi connectivity index (χ4n) is 6.24. The summed E-state index contributed by atoms with van der Waals surface area (Å²) in [6, 6.07) is 6.81. The predicted octanol–water partition coefficient (Wildman–Crippen LogP) is 5.21. The van der Waals surface area contributed by atoms with Crippen molar-refractivity contribution >= 4 is 29.2 Å². The van der Waals surface area contributed by atoms with Crippen molar-refractivity contribution in [3.05, 3.63) is 52.5 Å². The number of nitrogens with one attached hydrogen (secondary N) is 1. The number of aryl methyl sites for hydroxylation is 2. The van der Waals surface area contributed by atoms with Crippen molar-refractivity contribution in [2.75, 3.05) is 19.6 Å². The molecule has 0 saturated carbocycles. The van der Waals surface area contributed by atoms with Gasteiger partial charge in [-0.2, -0.15) is 0 Å². The van der Waals surface area contributed by atoms with E-state index in [0.717, 1.165) is 21.7 Å². The summed E-state index contributed by atoms with van der Waals surface area (Å²) in [6.07, 6.45) is 0.123. The number of thiazole rings is 1. The second kappa shape index (κ2) is 14.7. The summed E-state index contributed by atoms with van der Waals surface area (Å²) in [7, 11) is 0. The Kier molecular flexibility index (Phi) is 10.8. The van der Waals surface area contributed by atoms with E-state index in [1.165, 1.54) is 4.90 Å². The topological polar surface area (TPSA) is 147 Å². The Morgan fingerprint density at radius 1 is 1.15 bits per heavy atom. The maximum Gasteiger partial charge on any atom is 0.410 e. The number of aromatic nitrogens is 2. The van der Waals surface area contributed by atoms with Crippen molar-refractivity contribution in [2.24, 2.45) is 5.92 Å². The SMILES string of the molecule is Cc1cc(C(C(=O)N2C[C@H](O)C[C@H]2C(=O)NCc2ccc(-c3scnc3C)cc2OC2CCN(C(=O)OC(C)(C)C)CC2)C(C)C)on1. The molecule has 3 atom stereocenters. The average Bonchev–Trinajstić information content (AvgIpc) is 3.75. The summed E-state index contributed by atoms with van der Waals surface area (Å²) in [5, 5.41) is 17.5. The monoisotopic (exact) mass is 681 g/mol. The van der Waals surface area contributed by atoms with Crippen LogP contribution in [-0.2, 0) is 20.9 Å². The molecule has 3 aromatic rings. The third kappa shape index (κ3) is 8.35. The summed E-state index contributed by atoms with van der Waals surface area (Å²) < 4.78 is 17.6. The summed E-state index contributed by atoms with van der Waals surface area (Å²) >= 11 is 1.55. The molecule has 48 heavy (non-hydrogen) atoms. The van der Waals surface area contributed by atoms with Crippen molar-refractivity contribution in [2.45, 2.75) is 104 Å². The Labute approximate surface area is 285 Å². The molecule has 0 bridgehead atoms. The smallest absolute Gasteiger partial charge is 0.410 e. The van der Waals surface area contributed by atoms with Crippen molar-refractivity contribution < 1.29 is 33.5 Å². The largest absolute Gasteiger partial charge is 0.490 e. The first kappa shape index (κ1) is 35.3. The number of ether oxygens (including phenoxy) is 2. The average molecular weight is 682 g/mol. The minimum absolute atomic E-state index is 0.0620. The summed E-state index contributed by atoms with van der Waals surface area (Å²) in [6.45, 7) is 14.4. The molecule has 1 unspecified atom stereocenters. The highest BCUT2D eigenvalue weighted by Gasteiger charge is 2.43. The third-order valence-corrected chi connectivity index (χ3v) is 9.64. The Balaban J connectivity index is 1.30. The van der Waals surface area contributed by atoms with E-state index >= 15 is 0 Å². The lowest BCUT2D eigenvalue weighted by Gasteiger charge is -2.34. The van der Waals surface area contributed by atoms with Crippen molar-refractivity contribution in [3.63, 3.8) is 0 Å². The number of likely N-dealkylation sites (tertiary alicyclic amines) is 2. The first-order valence-electron chi connectivity index (χ1n) is 16.6. The number of carbonyl (C=O) groups is 3. The van der Waals surface area contributed by atoms with Crippen LogP contribution in [0.25, 0.3) is 10.4 Å². The first-order valence-corrected chi connectivity index (χ1v) is 17.5. The molecule has 1 aromatic carbocycles. The molecule has 13 heteroatoms. The van der Waals surface area contributed by atoms with Crippen LogP contribution in [0.5, 0.6) is 5.75 Å². The number of amides is 3. The number of benzene rings is 1. The predicted molar refractivity (Wildman–Crippen MR) is 181 cm³/mol. The number of nitrogens with zero attached hydrogens (tertiary/aromatic N) is 4. The quantitative estimate of drug-likeness (QED) is 0.311. The summed E-state index contributed by atoms with van der Waals surface area (Å²) in [4.78, 5) is 48.7. The van der Waals surface area contributed by atoms with E-state index in [-0.39, 0.29) is 49.4 Å². The molecule has 3 amide bonds. The van der Waals surface area contributed by atoms with Gasteiger partial charge in [-0.05, 0) is 52.2 Å². The molecule has 2 aromatic heterocycles. The maximum atomic E-state index is 13.8. The van der Waals surface area contributed by atoms with Gasteiger partial charge in [-0.1, -0.05) is 31.1 Å². The highest BCUT2D eigenvalue weighted by Crippen LogP contribution is 2.34. The van der Waals surface area contributed by atoms with Crippen molar-refractivity contribution in [3.8, 4) is 16.2 Å². The Hall–Kier alpha value is -3.97. The number of rotatable bonds is 9. The van der Waals surface area contributed by atoms with Gasteiger partial charge in [-0.25, -0.2) is 9.78 Å². The highest BCUT2D eigenvalue weighted by atomic mass is 32.1. The summed E-state index contributed by atoms with van der Waals surface area (Å²) in [5.41, 5.74) is 4.57. The lowest BCUT2D eigenvalue weighted by atomic mass is 9.91. The van der Waals surface area contributed by atoms with Crippen LogP contribution in [0, 0.1) is 19.8 Å². The van der Waals surface area contributed by atoms with E-state index < -0.39 is 23.7 Å². The number of aliphatic hydroxyl groups excluding tert-OH is 1. The van der Waals surface area contributed by atoms with E-state index in [9.17, 15) is 19.5 Å². The molecular weight excluding hydrogens is 634 g/mol. The number of piperidine rings is 1. The normalized spacial score (nSPS) is 19.4. The van der Waals surface area contributed by atoms with Crippen LogP contribution in [0.3, 0.4) is 0 Å². The highest BCUT2D eigenvalue weighted by molar-refractivity contribution is 7.13. The Bertz CT molecular complexity index is 1600. The van der Waals surface area contributed by atoms with Crippen LogP contribution in [0.4, 0.5) is 4.79 Å². The second-order valence-electron chi connectivity index (χ2n) is 14.1. The van der Waals surface area contributed by atoms with Gasteiger partial charge in [0, 0.05) is 57.1 Å². The van der Waals surface area contributed by atoms with Gasteiger partial charge in [0.15, 0.2) is 0 Å². The van der Waals surface area contributed by atoms with Gasteiger partial charge in [-0.3, -0.25) is 9.59 Å².